The zero-order valence-corrected chi connectivity index (χ0v) is 6.62. The molecule has 1 fully saturated rings. The van der Waals surface area contributed by atoms with Gasteiger partial charge in [-0.3, -0.25) is 0 Å². The predicted molar refractivity (Wildman–Crippen MR) is 29.4 cm³/mol. The monoisotopic (exact) mass is 226 g/mol. The summed E-state index contributed by atoms with van der Waals surface area (Å²) in [5.41, 5.74) is 0. The lowest BCUT2D eigenvalue weighted by Crippen LogP contribution is -2.64. The summed E-state index contributed by atoms with van der Waals surface area (Å²) in [4.78, 5) is 0. The van der Waals surface area contributed by atoms with Gasteiger partial charge in [0.15, 0.2) is 0 Å². The third kappa shape index (κ3) is 1.30. The first kappa shape index (κ1) is 10.6. The van der Waals surface area contributed by atoms with Gasteiger partial charge in [-0.25, -0.2) is 13.2 Å². The van der Waals surface area contributed by atoms with Crippen molar-refractivity contribution < 1.29 is 34.6 Å². The van der Waals surface area contributed by atoms with Crippen molar-refractivity contribution in [1.29, 1.82) is 0 Å². The Morgan fingerprint density at radius 2 is 1.69 bits per heavy atom. The Morgan fingerprint density at radius 1 is 1.23 bits per heavy atom. The molecule has 0 amide bonds. The summed E-state index contributed by atoms with van der Waals surface area (Å²) in [6.45, 7) is 0. The maximum Gasteiger partial charge on any atom is 0.420 e. The summed E-state index contributed by atoms with van der Waals surface area (Å²) in [5, 5.41) is -4.30. The van der Waals surface area contributed by atoms with Crippen molar-refractivity contribution in [1.82, 2.24) is 0 Å². The predicted octanol–water partition coefficient (Wildman–Crippen LogP) is 1.26. The van der Waals surface area contributed by atoms with E-state index in [2.05, 4.69) is 4.18 Å². The molecular formula is C4H3F5O3S. The van der Waals surface area contributed by atoms with E-state index in [1.54, 1.807) is 0 Å². The molecule has 0 aromatic carbocycles. The van der Waals surface area contributed by atoms with Gasteiger partial charge in [0.2, 0.25) is 6.43 Å². The minimum absolute atomic E-state index is 2.09. The Hall–Kier alpha value is -0.440. The summed E-state index contributed by atoms with van der Waals surface area (Å²) in [7, 11) is -5.22. The van der Waals surface area contributed by atoms with Gasteiger partial charge in [0.1, 0.15) is 0 Å². The van der Waals surface area contributed by atoms with Gasteiger partial charge >= 0.3 is 21.2 Å². The first-order chi connectivity index (χ1) is 5.62. The van der Waals surface area contributed by atoms with Crippen LogP contribution in [0, 0.1) is 0 Å². The van der Waals surface area contributed by atoms with Gasteiger partial charge in [-0.05, 0) is 0 Å². The van der Waals surface area contributed by atoms with Crippen molar-refractivity contribution in [3.8, 4) is 0 Å². The minimum atomic E-state index is -5.22. The highest BCUT2D eigenvalue weighted by Gasteiger charge is 2.79. The molecule has 1 aliphatic heterocycles. The lowest BCUT2D eigenvalue weighted by molar-refractivity contribution is -0.282. The highest BCUT2D eigenvalue weighted by atomic mass is 32.2. The average molecular weight is 226 g/mol. The molecule has 0 spiro atoms. The van der Waals surface area contributed by atoms with Crippen molar-refractivity contribution in [2.24, 2.45) is 0 Å². The SMILES string of the molecule is O=S1(=O)OC(F)(F)C1(F)CC(F)F. The Morgan fingerprint density at radius 3 is 1.85 bits per heavy atom. The normalized spacial score (nSPS) is 35.8. The van der Waals surface area contributed by atoms with Crippen molar-refractivity contribution in [3.63, 3.8) is 0 Å². The molecule has 3 nitrogen and oxygen atoms in total. The molecule has 0 bridgehead atoms. The van der Waals surface area contributed by atoms with Gasteiger partial charge in [-0.1, -0.05) is 0 Å². The van der Waals surface area contributed by atoms with Crippen LogP contribution in [0.15, 0.2) is 0 Å². The van der Waals surface area contributed by atoms with E-state index in [4.69, 9.17) is 0 Å². The Balaban J connectivity index is 2.98. The van der Waals surface area contributed by atoms with Crippen LogP contribution in [0.25, 0.3) is 0 Å². The van der Waals surface area contributed by atoms with Crippen LogP contribution in [-0.2, 0) is 14.3 Å². The van der Waals surface area contributed by atoms with Gasteiger partial charge in [0.25, 0.3) is 0 Å². The van der Waals surface area contributed by atoms with Crippen LogP contribution in [0.5, 0.6) is 0 Å². The van der Waals surface area contributed by atoms with E-state index in [9.17, 15) is 30.4 Å². The zero-order valence-electron chi connectivity index (χ0n) is 5.81. The Labute approximate surface area is 69.6 Å². The molecule has 1 unspecified atom stereocenters. The van der Waals surface area contributed by atoms with Gasteiger partial charge in [0, 0.05) is 0 Å². The van der Waals surface area contributed by atoms with E-state index in [1.165, 1.54) is 0 Å². The number of rotatable bonds is 2. The average Bonchev–Trinajstić information content (AvgIpc) is 1.82. The molecule has 1 rings (SSSR count). The molecule has 1 heterocycles. The summed E-state index contributed by atoms with van der Waals surface area (Å²) in [6, 6.07) is 0. The number of hydrogen-bond acceptors (Lipinski definition) is 3. The van der Waals surface area contributed by atoms with Crippen LogP contribution < -0.4 is 0 Å². The second-order valence-electron chi connectivity index (χ2n) is 2.38. The largest absolute Gasteiger partial charge is 0.420 e. The molecule has 13 heavy (non-hydrogen) atoms. The van der Waals surface area contributed by atoms with Gasteiger partial charge in [0.05, 0.1) is 6.42 Å². The fourth-order valence-corrected chi connectivity index (χ4v) is 1.88. The number of alkyl halides is 5. The molecule has 1 aliphatic rings. The molecule has 0 aromatic heterocycles. The molecule has 0 radical (unpaired) electrons. The summed E-state index contributed by atoms with van der Waals surface area (Å²) >= 11 is 0. The van der Waals surface area contributed by atoms with E-state index >= 15 is 0 Å². The second kappa shape index (κ2) is 2.53. The Kier molecular flexibility index (Phi) is 2.07. The molecule has 1 saturated heterocycles. The third-order valence-corrected chi connectivity index (χ3v) is 3.09. The summed E-state index contributed by atoms with van der Waals surface area (Å²) < 4.78 is 83.5. The zero-order chi connectivity index (χ0) is 10.5. The van der Waals surface area contributed by atoms with E-state index in [-0.39, 0.29) is 0 Å². The minimum Gasteiger partial charge on any atom is -0.213 e. The standard InChI is InChI=1S/C4H3F5O3S/c5-2(6)1-3(7)4(8,9)12-13(3,10)11/h2H,1H2. The summed E-state index contributed by atoms with van der Waals surface area (Å²) in [5.74, 6) is 0. The molecule has 0 aromatic rings. The second-order valence-corrected chi connectivity index (χ2v) is 4.10. The number of hydrogen-bond donors (Lipinski definition) is 0. The van der Waals surface area contributed by atoms with E-state index in [0.29, 0.717) is 0 Å². The number of halogens is 5. The van der Waals surface area contributed by atoms with Crippen LogP contribution in [0.3, 0.4) is 0 Å². The lowest BCUT2D eigenvalue weighted by Gasteiger charge is -2.39. The van der Waals surface area contributed by atoms with E-state index < -0.39 is 34.1 Å². The van der Waals surface area contributed by atoms with Crippen LogP contribution in [0.1, 0.15) is 6.42 Å². The molecular weight excluding hydrogens is 223 g/mol. The van der Waals surface area contributed by atoms with Gasteiger partial charge in [-0.15, -0.1) is 0 Å². The first-order valence-corrected chi connectivity index (χ1v) is 4.33. The molecule has 0 N–H and O–H groups in total. The Bertz CT molecular complexity index is 312. The highest BCUT2D eigenvalue weighted by molar-refractivity contribution is 7.89. The summed E-state index contributed by atoms with van der Waals surface area (Å²) in [6.07, 6.45) is -10.3. The van der Waals surface area contributed by atoms with Crippen molar-refractivity contribution in [2.75, 3.05) is 0 Å². The van der Waals surface area contributed by atoms with Crippen molar-refractivity contribution >= 4 is 10.1 Å². The molecule has 0 aliphatic carbocycles. The quantitative estimate of drug-likeness (QED) is 0.526. The van der Waals surface area contributed by atoms with Crippen LogP contribution in [-0.4, -0.2) is 26.0 Å². The van der Waals surface area contributed by atoms with Crippen molar-refractivity contribution in [3.05, 3.63) is 0 Å². The maximum absolute atomic E-state index is 12.8. The lowest BCUT2D eigenvalue weighted by atomic mass is 10.2. The van der Waals surface area contributed by atoms with Crippen LogP contribution >= 0.6 is 0 Å². The van der Waals surface area contributed by atoms with Crippen LogP contribution in [0.4, 0.5) is 22.0 Å². The molecule has 9 heteroatoms. The van der Waals surface area contributed by atoms with E-state index in [1.807, 2.05) is 0 Å². The maximum atomic E-state index is 12.8. The molecule has 1 atom stereocenters. The smallest absolute Gasteiger partial charge is 0.213 e. The highest BCUT2D eigenvalue weighted by Crippen LogP contribution is 2.53. The van der Waals surface area contributed by atoms with Gasteiger partial charge < -0.3 is 0 Å². The van der Waals surface area contributed by atoms with Crippen LogP contribution in [0.2, 0.25) is 0 Å². The molecule has 0 saturated carbocycles. The topological polar surface area (TPSA) is 43.4 Å². The fraction of sp³-hybridized carbons (Fsp3) is 1.00. The van der Waals surface area contributed by atoms with E-state index in [0.717, 1.165) is 0 Å². The molecule has 78 valence electrons. The van der Waals surface area contributed by atoms with Crippen molar-refractivity contribution in [2.45, 2.75) is 24.0 Å². The van der Waals surface area contributed by atoms with Gasteiger partial charge in [-0.2, -0.15) is 21.4 Å². The first-order valence-electron chi connectivity index (χ1n) is 2.92. The fourth-order valence-electron chi connectivity index (χ4n) is 0.797. The third-order valence-electron chi connectivity index (χ3n) is 1.46.